The highest BCUT2D eigenvalue weighted by Crippen LogP contribution is 2.22. The van der Waals surface area contributed by atoms with Gasteiger partial charge in [0, 0.05) is 13.1 Å². The van der Waals surface area contributed by atoms with Gasteiger partial charge in [0.1, 0.15) is 0 Å². The summed E-state index contributed by atoms with van der Waals surface area (Å²) in [6.07, 6.45) is 0. The molecule has 19 heavy (non-hydrogen) atoms. The Morgan fingerprint density at radius 2 is 1.74 bits per heavy atom. The molecule has 1 aromatic rings. The molecule has 0 fully saturated rings. The molecule has 0 aliphatic carbocycles. The molecule has 0 spiro atoms. The molecule has 0 aliphatic heterocycles. The lowest BCUT2D eigenvalue weighted by molar-refractivity contribution is 0.276. The van der Waals surface area contributed by atoms with Crippen LogP contribution < -0.4 is 5.32 Å². The van der Waals surface area contributed by atoms with Gasteiger partial charge in [-0.1, -0.05) is 52.0 Å². The Balaban J connectivity index is 2.53. The standard InChI is InChI=1S/C17H30N2/c1-14(11-18-5)12-19(6)13-15-7-9-16(10-8-15)17(2,3)4/h7-10,14,18H,11-13H2,1-6H3. The maximum atomic E-state index is 3.23. The molecular weight excluding hydrogens is 232 g/mol. The van der Waals surface area contributed by atoms with E-state index in [4.69, 9.17) is 0 Å². The van der Waals surface area contributed by atoms with Crippen LogP contribution in [0.1, 0.15) is 38.8 Å². The Morgan fingerprint density at radius 1 is 1.16 bits per heavy atom. The van der Waals surface area contributed by atoms with Gasteiger partial charge in [0.05, 0.1) is 0 Å². The van der Waals surface area contributed by atoms with E-state index >= 15 is 0 Å². The lowest BCUT2D eigenvalue weighted by Crippen LogP contribution is -2.29. The van der Waals surface area contributed by atoms with Crippen LogP contribution in [0.15, 0.2) is 24.3 Å². The first-order chi connectivity index (χ1) is 8.82. The van der Waals surface area contributed by atoms with Gasteiger partial charge in [0.15, 0.2) is 0 Å². The highest BCUT2D eigenvalue weighted by atomic mass is 15.1. The molecule has 1 unspecified atom stereocenters. The van der Waals surface area contributed by atoms with E-state index in [2.05, 4.69) is 69.2 Å². The van der Waals surface area contributed by atoms with Crippen molar-refractivity contribution in [2.45, 2.75) is 39.7 Å². The van der Waals surface area contributed by atoms with Gasteiger partial charge in [0.2, 0.25) is 0 Å². The third-order valence-electron chi connectivity index (χ3n) is 3.45. The van der Waals surface area contributed by atoms with Gasteiger partial charge in [-0.3, -0.25) is 0 Å². The Hall–Kier alpha value is -0.860. The van der Waals surface area contributed by atoms with Crippen molar-refractivity contribution in [1.82, 2.24) is 10.2 Å². The third kappa shape index (κ3) is 5.75. The minimum atomic E-state index is 0.242. The number of nitrogens with one attached hydrogen (secondary N) is 1. The first-order valence-corrected chi connectivity index (χ1v) is 7.25. The highest BCUT2D eigenvalue weighted by Gasteiger charge is 2.13. The molecule has 0 saturated carbocycles. The summed E-state index contributed by atoms with van der Waals surface area (Å²) in [6, 6.07) is 9.06. The van der Waals surface area contributed by atoms with Crippen LogP contribution in [0.4, 0.5) is 0 Å². The molecule has 2 heteroatoms. The zero-order valence-electron chi connectivity index (χ0n) is 13.5. The zero-order valence-corrected chi connectivity index (χ0v) is 13.5. The molecule has 0 radical (unpaired) electrons. The highest BCUT2D eigenvalue weighted by molar-refractivity contribution is 5.27. The summed E-state index contributed by atoms with van der Waals surface area (Å²) >= 11 is 0. The maximum absolute atomic E-state index is 3.23. The quantitative estimate of drug-likeness (QED) is 0.846. The number of hydrogen-bond donors (Lipinski definition) is 1. The number of benzene rings is 1. The summed E-state index contributed by atoms with van der Waals surface area (Å²) < 4.78 is 0. The summed E-state index contributed by atoms with van der Waals surface area (Å²) in [7, 11) is 4.21. The van der Waals surface area contributed by atoms with E-state index in [9.17, 15) is 0 Å². The largest absolute Gasteiger partial charge is 0.319 e. The van der Waals surface area contributed by atoms with Gasteiger partial charge in [-0.05, 0) is 43.1 Å². The molecule has 1 rings (SSSR count). The molecular formula is C17H30N2. The van der Waals surface area contributed by atoms with Crippen molar-refractivity contribution in [2.75, 3.05) is 27.2 Å². The van der Waals surface area contributed by atoms with Crippen LogP contribution in [0.5, 0.6) is 0 Å². The van der Waals surface area contributed by atoms with Crippen LogP contribution in [-0.2, 0) is 12.0 Å². The summed E-state index contributed by atoms with van der Waals surface area (Å²) in [5.41, 5.74) is 3.04. The number of rotatable bonds is 6. The first kappa shape index (κ1) is 16.2. The predicted octanol–water partition coefficient (Wildman–Crippen LogP) is 3.27. The van der Waals surface area contributed by atoms with E-state index in [1.54, 1.807) is 0 Å². The Bertz CT molecular complexity index is 362. The SMILES string of the molecule is CNCC(C)CN(C)Cc1ccc(C(C)(C)C)cc1. The second kappa shape index (κ2) is 7.06. The normalized spacial score (nSPS) is 13.8. The minimum Gasteiger partial charge on any atom is -0.319 e. The summed E-state index contributed by atoms with van der Waals surface area (Å²) in [5, 5.41) is 3.23. The summed E-state index contributed by atoms with van der Waals surface area (Å²) in [6.45, 7) is 12.3. The van der Waals surface area contributed by atoms with Crippen molar-refractivity contribution in [3.63, 3.8) is 0 Å². The van der Waals surface area contributed by atoms with E-state index in [1.807, 2.05) is 7.05 Å². The fraction of sp³-hybridized carbons (Fsp3) is 0.647. The first-order valence-electron chi connectivity index (χ1n) is 7.25. The van der Waals surface area contributed by atoms with E-state index in [-0.39, 0.29) is 5.41 Å². The van der Waals surface area contributed by atoms with Gasteiger partial charge in [0.25, 0.3) is 0 Å². The molecule has 1 atom stereocenters. The number of nitrogens with zero attached hydrogens (tertiary/aromatic N) is 1. The Kier molecular flexibility index (Phi) is 6.02. The van der Waals surface area contributed by atoms with Crippen LogP contribution >= 0.6 is 0 Å². The van der Waals surface area contributed by atoms with E-state index < -0.39 is 0 Å². The van der Waals surface area contributed by atoms with Crippen LogP contribution in [-0.4, -0.2) is 32.1 Å². The Labute approximate surface area is 119 Å². The van der Waals surface area contributed by atoms with Gasteiger partial charge in [-0.2, -0.15) is 0 Å². The average Bonchev–Trinajstić information content (AvgIpc) is 2.28. The van der Waals surface area contributed by atoms with Crippen molar-refractivity contribution in [1.29, 1.82) is 0 Å². The van der Waals surface area contributed by atoms with Crippen molar-refractivity contribution < 1.29 is 0 Å². The van der Waals surface area contributed by atoms with Crippen molar-refractivity contribution >= 4 is 0 Å². The van der Waals surface area contributed by atoms with Gasteiger partial charge in [-0.15, -0.1) is 0 Å². The summed E-state index contributed by atoms with van der Waals surface area (Å²) in [4.78, 5) is 2.40. The molecule has 108 valence electrons. The number of hydrogen-bond acceptors (Lipinski definition) is 2. The molecule has 0 bridgehead atoms. The topological polar surface area (TPSA) is 15.3 Å². The second-order valence-corrected chi connectivity index (χ2v) is 6.81. The predicted molar refractivity (Wildman–Crippen MR) is 84.6 cm³/mol. The molecule has 0 aromatic heterocycles. The fourth-order valence-corrected chi connectivity index (χ4v) is 2.43. The smallest absolute Gasteiger partial charge is 0.0230 e. The molecule has 2 nitrogen and oxygen atoms in total. The van der Waals surface area contributed by atoms with Gasteiger partial charge < -0.3 is 10.2 Å². The molecule has 1 N–H and O–H groups in total. The van der Waals surface area contributed by atoms with Gasteiger partial charge in [-0.25, -0.2) is 0 Å². The van der Waals surface area contributed by atoms with Crippen LogP contribution in [0.25, 0.3) is 0 Å². The molecule has 0 aliphatic rings. The monoisotopic (exact) mass is 262 g/mol. The lowest BCUT2D eigenvalue weighted by Gasteiger charge is -2.22. The zero-order chi connectivity index (χ0) is 14.5. The molecule has 0 amide bonds. The Morgan fingerprint density at radius 3 is 2.21 bits per heavy atom. The van der Waals surface area contributed by atoms with Crippen molar-refractivity contribution in [2.24, 2.45) is 5.92 Å². The lowest BCUT2D eigenvalue weighted by atomic mass is 9.87. The van der Waals surface area contributed by atoms with E-state index in [0.717, 1.165) is 19.6 Å². The molecule has 1 aromatic carbocycles. The average molecular weight is 262 g/mol. The second-order valence-electron chi connectivity index (χ2n) is 6.81. The van der Waals surface area contributed by atoms with Crippen LogP contribution in [0.3, 0.4) is 0 Å². The maximum Gasteiger partial charge on any atom is 0.0230 e. The van der Waals surface area contributed by atoms with Crippen molar-refractivity contribution in [3.8, 4) is 0 Å². The third-order valence-corrected chi connectivity index (χ3v) is 3.45. The van der Waals surface area contributed by atoms with Crippen LogP contribution in [0, 0.1) is 5.92 Å². The summed E-state index contributed by atoms with van der Waals surface area (Å²) in [5.74, 6) is 0.684. The minimum absolute atomic E-state index is 0.242. The molecule has 0 saturated heterocycles. The van der Waals surface area contributed by atoms with E-state index in [1.165, 1.54) is 11.1 Å². The van der Waals surface area contributed by atoms with Crippen LogP contribution in [0.2, 0.25) is 0 Å². The van der Waals surface area contributed by atoms with Gasteiger partial charge >= 0.3 is 0 Å². The molecule has 0 heterocycles. The fourth-order valence-electron chi connectivity index (χ4n) is 2.43. The van der Waals surface area contributed by atoms with E-state index in [0.29, 0.717) is 5.92 Å². The van der Waals surface area contributed by atoms with Crippen molar-refractivity contribution in [3.05, 3.63) is 35.4 Å².